The number of nitrogens with two attached hydrogens (primary N) is 1. The predicted molar refractivity (Wildman–Crippen MR) is 81.8 cm³/mol. The molecule has 0 bridgehead atoms. The van der Waals surface area contributed by atoms with Gasteiger partial charge in [0.05, 0.1) is 0 Å². The zero-order valence-corrected chi connectivity index (χ0v) is 13.7. The number of amides is 2. The molecule has 0 aliphatic carbocycles. The third-order valence-electron chi connectivity index (χ3n) is 3.41. The van der Waals surface area contributed by atoms with E-state index in [0.29, 0.717) is 39.1 Å². The average molecular weight is 299 g/mol. The molecule has 2 amide bonds. The zero-order chi connectivity index (χ0) is 16.0. The largest absolute Gasteiger partial charge is 0.444 e. The number of rotatable bonds is 6. The molecule has 0 aromatic carbocycles. The molecule has 1 unspecified atom stereocenters. The van der Waals surface area contributed by atoms with Gasteiger partial charge in [0, 0.05) is 32.6 Å². The van der Waals surface area contributed by atoms with E-state index in [1.165, 1.54) is 0 Å². The van der Waals surface area contributed by atoms with Crippen molar-refractivity contribution in [3.8, 4) is 0 Å². The van der Waals surface area contributed by atoms with Crippen molar-refractivity contribution in [3.05, 3.63) is 0 Å². The van der Waals surface area contributed by atoms with Gasteiger partial charge in [-0.1, -0.05) is 6.92 Å². The standard InChI is InChI=1S/C15H29N3O3/c1-5-6-17(14(20)21-15(2,3)4)7-8-18-11-12(10-16)9-13(18)19/h12H,5-11,16H2,1-4H3. The lowest BCUT2D eigenvalue weighted by Crippen LogP contribution is -2.42. The van der Waals surface area contributed by atoms with E-state index >= 15 is 0 Å². The van der Waals surface area contributed by atoms with Crippen LogP contribution in [0.25, 0.3) is 0 Å². The van der Waals surface area contributed by atoms with Gasteiger partial charge in [-0.25, -0.2) is 4.79 Å². The summed E-state index contributed by atoms with van der Waals surface area (Å²) in [5.41, 5.74) is 5.11. The van der Waals surface area contributed by atoms with Crippen LogP contribution in [-0.2, 0) is 9.53 Å². The predicted octanol–water partition coefficient (Wildman–Crippen LogP) is 1.44. The third-order valence-corrected chi connectivity index (χ3v) is 3.41. The van der Waals surface area contributed by atoms with E-state index in [2.05, 4.69) is 0 Å². The maximum absolute atomic E-state index is 12.1. The van der Waals surface area contributed by atoms with Crippen LogP contribution in [0, 0.1) is 5.92 Å². The highest BCUT2D eigenvalue weighted by Crippen LogP contribution is 2.16. The summed E-state index contributed by atoms with van der Waals surface area (Å²) >= 11 is 0. The Labute approximate surface area is 127 Å². The van der Waals surface area contributed by atoms with E-state index in [1.54, 1.807) is 9.80 Å². The molecule has 1 aliphatic rings. The van der Waals surface area contributed by atoms with Crippen molar-refractivity contribution >= 4 is 12.0 Å². The number of carbonyl (C=O) groups excluding carboxylic acids is 2. The van der Waals surface area contributed by atoms with Crippen LogP contribution in [0.5, 0.6) is 0 Å². The molecular weight excluding hydrogens is 270 g/mol. The van der Waals surface area contributed by atoms with Crippen molar-refractivity contribution in [2.45, 2.75) is 46.1 Å². The van der Waals surface area contributed by atoms with Gasteiger partial charge in [0.15, 0.2) is 0 Å². The first kappa shape index (κ1) is 17.8. The van der Waals surface area contributed by atoms with Crippen molar-refractivity contribution in [1.82, 2.24) is 9.80 Å². The number of hydrogen-bond acceptors (Lipinski definition) is 4. The van der Waals surface area contributed by atoms with Gasteiger partial charge in [0.25, 0.3) is 0 Å². The van der Waals surface area contributed by atoms with Crippen molar-refractivity contribution in [2.24, 2.45) is 11.7 Å². The van der Waals surface area contributed by atoms with E-state index in [-0.39, 0.29) is 17.9 Å². The van der Waals surface area contributed by atoms with E-state index in [0.717, 1.165) is 6.42 Å². The average Bonchev–Trinajstić information content (AvgIpc) is 2.73. The molecule has 6 nitrogen and oxygen atoms in total. The number of likely N-dealkylation sites (tertiary alicyclic amines) is 1. The summed E-state index contributed by atoms with van der Waals surface area (Å²) in [6, 6.07) is 0. The number of carbonyl (C=O) groups is 2. The monoisotopic (exact) mass is 299 g/mol. The van der Waals surface area contributed by atoms with Gasteiger partial charge in [-0.2, -0.15) is 0 Å². The summed E-state index contributed by atoms with van der Waals surface area (Å²) in [6.07, 6.45) is 1.07. The molecule has 1 aliphatic heterocycles. The van der Waals surface area contributed by atoms with E-state index < -0.39 is 5.60 Å². The summed E-state index contributed by atoms with van der Waals surface area (Å²) in [5, 5.41) is 0. The first-order chi connectivity index (χ1) is 9.76. The Hall–Kier alpha value is -1.30. The molecule has 1 fully saturated rings. The quantitative estimate of drug-likeness (QED) is 0.805. The summed E-state index contributed by atoms with van der Waals surface area (Å²) < 4.78 is 5.40. The first-order valence-corrected chi connectivity index (χ1v) is 7.72. The molecule has 1 rings (SSSR count). The molecule has 21 heavy (non-hydrogen) atoms. The zero-order valence-electron chi connectivity index (χ0n) is 13.7. The smallest absolute Gasteiger partial charge is 0.410 e. The lowest BCUT2D eigenvalue weighted by Gasteiger charge is -2.28. The normalized spacial score (nSPS) is 19.0. The van der Waals surface area contributed by atoms with Crippen LogP contribution >= 0.6 is 0 Å². The third kappa shape index (κ3) is 5.91. The van der Waals surface area contributed by atoms with Crippen molar-refractivity contribution in [1.29, 1.82) is 0 Å². The SMILES string of the molecule is CCCN(CCN1CC(CN)CC1=O)C(=O)OC(C)(C)C. The maximum atomic E-state index is 12.1. The Balaban J connectivity index is 2.51. The summed E-state index contributed by atoms with van der Waals surface area (Å²) in [6.45, 7) is 10.5. The summed E-state index contributed by atoms with van der Waals surface area (Å²) in [4.78, 5) is 27.5. The van der Waals surface area contributed by atoms with Crippen LogP contribution in [0.4, 0.5) is 4.79 Å². The molecule has 0 radical (unpaired) electrons. The molecule has 1 heterocycles. The molecule has 0 aromatic heterocycles. The fraction of sp³-hybridized carbons (Fsp3) is 0.867. The molecule has 0 saturated carbocycles. The fourth-order valence-corrected chi connectivity index (χ4v) is 2.36. The van der Waals surface area contributed by atoms with Gasteiger partial charge < -0.3 is 20.3 Å². The molecule has 2 N–H and O–H groups in total. The highest BCUT2D eigenvalue weighted by Gasteiger charge is 2.29. The van der Waals surface area contributed by atoms with Crippen LogP contribution < -0.4 is 5.73 Å². The molecule has 1 saturated heterocycles. The van der Waals surface area contributed by atoms with Gasteiger partial charge >= 0.3 is 6.09 Å². The second-order valence-corrected chi connectivity index (χ2v) is 6.61. The minimum Gasteiger partial charge on any atom is -0.444 e. The van der Waals surface area contributed by atoms with Crippen LogP contribution in [0.3, 0.4) is 0 Å². The Morgan fingerprint density at radius 3 is 2.57 bits per heavy atom. The topological polar surface area (TPSA) is 75.9 Å². The van der Waals surface area contributed by atoms with Gasteiger partial charge in [0.1, 0.15) is 5.60 Å². The fourth-order valence-electron chi connectivity index (χ4n) is 2.36. The van der Waals surface area contributed by atoms with Crippen molar-refractivity contribution in [2.75, 3.05) is 32.7 Å². The Kier molecular flexibility index (Phi) is 6.45. The van der Waals surface area contributed by atoms with E-state index in [1.807, 2.05) is 27.7 Å². The van der Waals surface area contributed by atoms with Gasteiger partial charge in [-0.05, 0) is 39.7 Å². The van der Waals surface area contributed by atoms with E-state index in [9.17, 15) is 9.59 Å². The van der Waals surface area contributed by atoms with Gasteiger partial charge in [-0.15, -0.1) is 0 Å². The van der Waals surface area contributed by atoms with Crippen molar-refractivity contribution in [3.63, 3.8) is 0 Å². The highest BCUT2D eigenvalue weighted by molar-refractivity contribution is 5.78. The number of nitrogens with zero attached hydrogens (tertiary/aromatic N) is 2. The Morgan fingerprint density at radius 2 is 2.10 bits per heavy atom. The Bertz CT molecular complexity index is 366. The van der Waals surface area contributed by atoms with Crippen LogP contribution in [-0.4, -0.2) is 60.1 Å². The molecule has 0 aromatic rings. The minimum atomic E-state index is -0.503. The molecule has 0 spiro atoms. The van der Waals surface area contributed by atoms with Crippen LogP contribution in [0.2, 0.25) is 0 Å². The molecule has 1 atom stereocenters. The number of ether oxygens (including phenoxy) is 1. The molecule has 122 valence electrons. The summed E-state index contributed by atoms with van der Waals surface area (Å²) in [7, 11) is 0. The van der Waals surface area contributed by atoms with Gasteiger partial charge in [-0.3, -0.25) is 4.79 Å². The second-order valence-electron chi connectivity index (χ2n) is 6.61. The lowest BCUT2D eigenvalue weighted by molar-refractivity contribution is -0.127. The highest BCUT2D eigenvalue weighted by atomic mass is 16.6. The number of hydrogen-bond donors (Lipinski definition) is 1. The Morgan fingerprint density at radius 1 is 1.43 bits per heavy atom. The van der Waals surface area contributed by atoms with Gasteiger partial charge in [0.2, 0.25) is 5.91 Å². The van der Waals surface area contributed by atoms with Crippen molar-refractivity contribution < 1.29 is 14.3 Å². The van der Waals surface area contributed by atoms with Crippen LogP contribution in [0.15, 0.2) is 0 Å². The van der Waals surface area contributed by atoms with E-state index in [4.69, 9.17) is 10.5 Å². The second kappa shape index (κ2) is 7.64. The lowest BCUT2D eigenvalue weighted by atomic mass is 10.1. The molecular formula is C15H29N3O3. The molecule has 6 heteroatoms. The first-order valence-electron chi connectivity index (χ1n) is 7.72. The summed E-state index contributed by atoms with van der Waals surface area (Å²) in [5.74, 6) is 0.379. The van der Waals surface area contributed by atoms with Crippen LogP contribution in [0.1, 0.15) is 40.5 Å². The minimum absolute atomic E-state index is 0.131. The maximum Gasteiger partial charge on any atom is 0.410 e.